The van der Waals surface area contributed by atoms with Crippen molar-refractivity contribution in [3.8, 4) is 11.5 Å². The maximum absolute atomic E-state index is 11.9. The summed E-state index contributed by atoms with van der Waals surface area (Å²) in [6, 6.07) is 5.13. The van der Waals surface area contributed by atoms with Crippen LogP contribution in [-0.4, -0.2) is 57.4 Å². The van der Waals surface area contributed by atoms with Crippen LogP contribution in [-0.2, 0) is 9.59 Å². The number of aliphatic hydroxyl groups is 1. The lowest BCUT2D eigenvalue weighted by Crippen LogP contribution is -2.42. The fourth-order valence-electron chi connectivity index (χ4n) is 2.13. The summed E-state index contributed by atoms with van der Waals surface area (Å²) in [7, 11) is 0. The van der Waals surface area contributed by atoms with Crippen LogP contribution in [0.25, 0.3) is 0 Å². The van der Waals surface area contributed by atoms with Crippen molar-refractivity contribution < 1.29 is 29.6 Å². The second-order valence-electron chi connectivity index (χ2n) is 4.55. The highest BCUT2D eigenvalue weighted by atomic mass is 16.5. The normalized spacial score (nSPS) is 21.8. The van der Waals surface area contributed by atoms with Gasteiger partial charge in [0.05, 0.1) is 6.10 Å². The van der Waals surface area contributed by atoms with Gasteiger partial charge in [0, 0.05) is 13.0 Å². The molecule has 1 heterocycles. The Morgan fingerprint density at radius 2 is 2.05 bits per heavy atom. The molecule has 2 rings (SSSR count). The van der Waals surface area contributed by atoms with Gasteiger partial charge in [0.25, 0.3) is 5.91 Å². The number of carboxylic acid groups (broad SMARTS) is 1. The molecule has 1 amide bonds. The second-order valence-corrected chi connectivity index (χ2v) is 4.55. The summed E-state index contributed by atoms with van der Waals surface area (Å²) in [6.45, 7) is -0.423. The van der Waals surface area contributed by atoms with Gasteiger partial charge < -0.3 is 25.0 Å². The maximum Gasteiger partial charge on any atom is 0.326 e. The minimum absolute atomic E-state index is 0.0116. The molecule has 7 nitrogen and oxygen atoms in total. The number of ether oxygens (including phenoxy) is 1. The zero-order valence-corrected chi connectivity index (χ0v) is 10.6. The molecular formula is C13H15NO6. The van der Waals surface area contributed by atoms with Crippen molar-refractivity contribution in [3.63, 3.8) is 0 Å². The Kier molecular flexibility index (Phi) is 4.09. The third kappa shape index (κ3) is 3.00. The quantitative estimate of drug-likeness (QED) is 0.706. The zero-order valence-electron chi connectivity index (χ0n) is 10.6. The number of para-hydroxylation sites is 2. The van der Waals surface area contributed by atoms with Gasteiger partial charge in [-0.2, -0.15) is 0 Å². The second kappa shape index (κ2) is 5.79. The average Bonchev–Trinajstić information content (AvgIpc) is 2.80. The van der Waals surface area contributed by atoms with Crippen LogP contribution in [0, 0.1) is 0 Å². The highest BCUT2D eigenvalue weighted by Crippen LogP contribution is 2.25. The van der Waals surface area contributed by atoms with E-state index in [4.69, 9.17) is 9.84 Å². The molecule has 1 aliphatic rings. The molecule has 1 aliphatic heterocycles. The summed E-state index contributed by atoms with van der Waals surface area (Å²) < 4.78 is 5.16. The third-order valence-corrected chi connectivity index (χ3v) is 3.10. The first-order valence-corrected chi connectivity index (χ1v) is 6.10. The van der Waals surface area contributed by atoms with Gasteiger partial charge in [-0.15, -0.1) is 0 Å². The predicted octanol–water partition coefficient (Wildman–Crippen LogP) is -0.183. The first-order chi connectivity index (χ1) is 9.49. The summed E-state index contributed by atoms with van der Waals surface area (Å²) >= 11 is 0. The average molecular weight is 281 g/mol. The molecule has 0 aromatic heterocycles. The van der Waals surface area contributed by atoms with Crippen molar-refractivity contribution in [2.45, 2.75) is 18.6 Å². The Labute approximate surface area is 115 Å². The highest BCUT2D eigenvalue weighted by molar-refractivity contribution is 5.85. The van der Waals surface area contributed by atoms with Crippen molar-refractivity contribution in [2.75, 3.05) is 13.2 Å². The maximum atomic E-state index is 11.9. The molecule has 3 N–H and O–H groups in total. The van der Waals surface area contributed by atoms with Gasteiger partial charge in [-0.1, -0.05) is 12.1 Å². The third-order valence-electron chi connectivity index (χ3n) is 3.10. The van der Waals surface area contributed by atoms with Gasteiger partial charge in [0.15, 0.2) is 18.1 Å². The van der Waals surface area contributed by atoms with Crippen LogP contribution >= 0.6 is 0 Å². The van der Waals surface area contributed by atoms with Crippen LogP contribution in [0.4, 0.5) is 0 Å². The molecule has 1 aromatic carbocycles. The van der Waals surface area contributed by atoms with E-state index >= 15 is 0 Å². The van der Waals surface area contributed by atoms with E-state index in [0.29, 0.717) is 0 Å². The molecule has 2 atom stereocenters. The minimum atomic E-state index is -1.16. The van der Waals surface area contributed by atoms with Gasteiger partial charge in [-0.25, -0.2) is 4.79 Å². The number of aliphatic hydroxyl groups excluding tert-OH is 1. The molecule has 1 fully saturated rings. The van der Waals surface area contributed by atoms with Gasteiger partial charge in [0.2, 0.25) is 0 Å². The minimum Gasteiger partial charge on any atom is -0.504 e. The summed E-state index contributed by atoms with van der Waals surface area (Å²) in [4.78, 5) is 24.0. The first kappa shape index (κ1) is 14.1. The summed E-state index contributed by atoms with van der Waals surface area (Å²) in [5.74, 6) is -1.65. The molecule has 0 saturated carbocycles. The van der Waals surface area contributed by atoms with E-state index in [1.165, 1.54) is 12.1 Å². The number of likely N-dealkylation sites (tertiary alicyclic amines) is 1. The van der Waals surface area contributed by atoms with E-state index in [1.54, 1.807) is 12.1 Å². The Hall–Kier alpha value is -2.28. The molecule has 0 radical (unpaired) electrons. The Balaban J connectivity index is 1.98. The molecule has 108 valence electrons. The molecule has 1 aromatic rings. The van der Waals surface area contributed by atoms with E-state index < -0.39 is 30.6 Å². The number of β-amino-alcohol motifs (C(OH)–C–C–N with tert-alkyl or cyclic N) is 1. The number of phenols is 1. The summed E-state index contributed by atoms with van der Waals surface area (Å²) in [5, 5.41) is 27.9. The topological polar surface area (TPSA) is 107 Å². The lowest BCUT2D eigenvalue weighted by atomic mass is 10.2. The summed E-state index contributed by atoms with van der Waals surface area (Å²) in [5.41, 5.74) is 0. The van der Waals surface area contributed by atoms with Gasteiger partial charge in [-0.05, 0) is 12.1 Å². The van der Waals surface area contributed by atoms with Gasteiger partial charge in [0.1, 0.15) is 6.04 Å². The van der Waals surface area contributed by atoms with Crippen molar-refractivity contribution in [1.82, 2.24) is 4.90 Å². The number of nitrogens with zero attached hydrogens (tertiary/aromatic N) is 1. The zero-order chi connectivity index (χ0) is 14.7. The number of carbonyl (C=O) groups excluding carboxylic acids is 1. The SMILES string of the molecule is O=C(O)[C@@H]1C[C@H](O)CN1C(=O)COc1ccccc1O. The largest absolute Gasteiger partial charge is 0.504 e. The Morgan fingerprint density at radius 1 is 1.35 bits per heavy atom. The Morgan fingerprint density at radius 3 is 2.70 bits per heavy atom. The van der Waals surface area contributed by atoms with Crippen LogP contribution in [0.2, 0.25) is 0 Å². The number of amides is 1. The van der Waals surface area contributed by atoms with Crippen molar-refractivity contribution in [1.29, 1.82) is 0 Å². The van der Waals surface area contributed by atoms with Crippen LogP contribution in [0.15, 0.2) is 24.3 Å². The van der Waals surface area contributed by atoms with E-state index in [0.717, 1.165) is 4.90 Å². The number of rotatable bonds is 4. The number of aromatic hydroxyl groups is 1. The number of carboxylic acids is 1. The molecule has 0 bridgehead atoms. The van der Waals surface area contributed by atoms with Crippen molar-refractivity contribution >= 4 is 11.9 Å². The van der Waals surface area contributed by atoms with Crippen molar-refractivity contribution in [3.05, 3.63) is 24.3 Å². The number of hydrogen-bond acceptors (Lipinski definition) is 5. The smallest absolute Gasteiger partial charge is 0.326 e. The van der Waals surface area contributed by atoms with E-state index in [2.05, 4.69) is 0 Å². The number of carbonyl (C=O) groups is 2. The molecule has 1 saturated heterocycles. The standard InChI is InChI=1S/C13H15NO6/c15-8-5-9(13(18)19)14(6-8)12(17)7-20-11-4-2-1-3-10(11)16/h1-4,8-9,15-16H,5-7H2,(H,18,19)/t8-,9-/m0/s1. The van der Waals surface area contributed by atoms with E-state index in [9.17, 15) is 19.8 Å². The number of hydrogen-bond donors (Lipinski definition) is 3. The van der Waals surface area contributed by atoms with E-state index in [1.807, 2.05) is 0 Å². The van der Waals surface area contributed by atoms with Crippen LogP contribution in [0.1, 0.15) is 6.42 Å². The van der Waals surface area contributed by atoms with Crippen LogP contribution in [0.5, 0.6) is 11.5 Å². The molecule has 0 spiro atoms. The lowest BCUT2D eigenvalue weighted by Gasteiger charge is -2.21. The number of phenolic OH excluding ortho intramolecular Hbond substituents is 1. The van der Waals surface area contributed by atoms with Crippen LogP contribution in [0.3, 0.4) is 0 Å². The van der Waals surface area contributed by atoms with Gasteiger partial charge >= 0.3 is 5.97 Å². The fraction of sp³-hybridized carbons (Fsp3) is 0.385. The monoisotopic (exact) mass is 281 g/mol. The highest BCUT2D eigenvalue weighted by Gasteiger charge is 2.38. The number of benzene rings is 1. The lowest BCUT2D eigenvalue weighted by molar-refractivity contribution is -0.149. The molecule has 0 unspecified atom stereocenters. The van der Waals surface area contributed by atoms with Crippen LogP contribution < -0.4 is 4.74 Å². The first-order valence-electron chi connectivity index (χ1n) is 6.10. The Bertz CT molecular complexity index is 517. The fourth-order valence-corrected chi connectivity index (χ4v) is 2.13. The molecular weight excluding hydrogens is 266 g/mol. The van der Waals surface area contributed by atoms with Gasteiger partial charge in [-0.3, -0.25) is 4.79 Å². The van der Waals surface area contributed by atoms with Crippen molar-refractivity contribution in [2.24, 2.45) is 0 Å². The predicted molar refractivity (Wildman–Crippen MR) is 67.4 cm³/mol. The molecule has 7 heteroatoms. The van der Waals surface area contributed by atoms with E-state index in [-0.39, 0.29) is 24.5 Å². The summed E-state index contributed by atoms with van der Waals surface area (Å²) in [6.07, 6.45) is -0.831. The number of aliphatic carboxylic acids is 1. The molecule has 20 heavy (non-hydrogen) atoms. The molecule has 0 aliphatic carbocycles.